The topological polar surface area (TPSA) is 58.1 Å². The summed E-state index contributed by atoms with van der Waals surface area (Å²) < 4.78 is 10.6. The lowest BCUT2D eigenvalue weighted by molar-refractivity contribution is 0.267. The molecule has 2 N–H and O–H groups in total. The molecule has 1 aliphatic rings. The first-order valence-electron chi connectivity index (χ1n) is 8.61. The molecule has 0 amide bonds. The Balaban J connectivity index is 1.85. The number of likely N-dealkylation sites (N-methyl/N-ethyl adjacent to an activating group) is 1. The predicted molar refractivity (Wildman–Crippen MR) is 98.0 cm³/mol. The molecular formula is C18H30N4O2. The zero-order chi connectivity index (χ0) is 17.4. The summed E-state index contributed by atoms with van der Waals surface area (Å²) in [5, 5.41) is 6.79. The number of rotatable bonds is 7. The van der Waals surface area contributed by atoms with E-state index in [4.69, 9.17) is 9.47 Å². The van der Waals surface area contributed by atoms with Crippen molar-refractivity contribution < 1.29 is 9.47 Å². The van der Waals surface area contributed by atoms with Crippen LogP contribution >= 0.6 is 0 Å². The van der Waals surface area contributed by atoms with E-state index >= 15 is 0 Å². The van der Waals surface area contributed by atoms with E-state index in [1.54, 1.807) is 21.3 Å². The first-order valence-corrected chi connectivity index (χ1v) is 8.61. The third-order valence-electron chi connectivity index (χ3n) is 4.54. The van der Waals surface area contributed by atoms with Gasteiger partial charge in [0.05, 0.1) is 14.2 Å². The van der Waals surface area contributed by atoms with Crippen molar-refractivity contribution in [1.82, 2.24) is 15.5 Å². The summed E-state index contributed by atoms with van der Waals surface area (Å²) in [6, 6.07) is 6.53. The average molecular weight is 334 g/mol. The smallest absolute Gasteiger partial charge is 0.191 e. The standard InChI is InChI=1S/C18H30N4O2/c1-5-22-10-6-7-15(22)13-21-18(19-2)20-12-14-8-9-16(23-3)17(11-14)24-4/h8-9,11,15H,5-7,10,12-13H2,1-4H3,(H2,19,20,21). The predicted octanol–water partition coefficient (Wildman–Crippen LogP) is 1.85. The molecule has 0 spiro atoms. The van der Waals surface area contributed by atoms with Crippen molar-refractivity contribution in [3.05, 3.63) is 23.8 Å². The van der Waals surface area contributed by atoms with Crippen molar-refractivity contribution in [2.45, 2.75) is 32.4 Å². The van der Waals surface area contributed by atoms with Crippen molar-refractivity contribution in [3.8, 4) is 11.5 Å². The van der Waals surface area contributed by atoms with Gasteiger partial charge < -0.3 is 20.1 Å². The van der Waals surface area contributed by atoms with Crippen LogP contribution < -0.4 is 20.1 Å². The molecule has 1 atom stereocenters. The maximum Gasteiger partial charge on any atom is 0.191 e. The summed E-state index contributed by atoms with van der Waals surface area (Å²) in [6.07, 6.45) is 2.55. The van der Waals surface area contributed by atoms with Crippen LogP contribution in [-0.2, 0) is 6.54 Å². The van der Waals surface area contributed by atoms with Crippen LogP contribution in [0, 0.1) is 0 Å². The van der Waals surface area contributed by atoms with Gasteiger partial charge in [-0.05, 0) is 43.6 Å². The van der Waals surface area contributed by atoms with Crippen molar-refractivity contribution in [3.63, 3.8) is 0 Å². The van der Waals surface area contributed by atoms with Gasteiger partial charge in [0.2, 0.25) is 0 Å². The van der Waals surface area contributed by atoms with Crippen molar-refractivity contribution in [2.75, 3.05) is 40.9 Å². The minimum Gasteiger partial charge on any atom is -0.493 e. The summed E-state index contributed by atoms with van der Waals surface area (Å²) in [5.41, 5.74) is 1.12. The lowest BCUT2D eigenvalue weighted by Gasteiger charge is -2.24. The lowest BCUT2D eigenvalue weighted by Crippen LogP contribution is -2.44. The van der Waals surface area contributed by atoms with E-state index in [0.29, 0.717) is 12.6 Å². The largest absolute Gasteiger partial charge is 0.493 e. The number of benzene rings is 1. The molecule has 1 unspecified atom stereocenters. The first kappa shape index (κ1) is 18.4. The van der Waals surface area contributed by atoms with E-state index < -0.39 is 0 Å². The van der Waals surface area contributed by atoms with Crippen LogP contribution in [0.5, 0.6) is 11.5 Å². The highest BCUT2D eigenvalue weighted by molar-refractivity contribution is 5.79. The Morgan fingerprint density at radius 1 is 1.25 bits per heavy atom. The van der Waals surface area contributed by atoms with Gasteiger partial charge in [-0.2, -0.15) is 0 Å². The summed E-state index contributed by atoms with van der Waals surface area (Å²) in [5.74, 6) is 2.31. The second kappa shape index (κ2) is 9.37. The fourth-order valence-corrected chi connectivity index (χ4v) is 3.15. The molecule has 1 aliphatic heterocycles. The molecule has 2 rings (SSSR count). The highest BCUT2D eigenvalue weighted by Gasteiger charge is 2.22. The molecule has 6 heteroatoms. The molecule has 1 saturated heterocycles. The van der Waals surface area contributed by atoms with Gasteiger partial charge in [-0.25, -0.2) is 0 Å². The van der Waals surface area contributed by atoms with Crippen LogP contribution in [0.15, 0.2) is 23.2 Å². The molecule has 134 valence electrons. The van der Waals surface area contributed by atoms with Crippen LogP contribution in [0.2, 0.25) is 0 Å². The van der Waals surface area contributed by atoms with Crippen molar-refractivity contribution >= 4 is 5.96 Å². The van der Waals surface area contributed by atoms with Crippen LogP contribution in [0.1, 0.15) is 25.3 Å². The summed E-state index contributed by atoms with van der Waals surface area (Å²) in [7, 11) is 5.09. The Hall–Kier alpha value is -1.95. The van der Waals surface area contributed by atoms with Gasteiger partial charge in [0.1, 0.15) is 0 Å². The third-order valence-corrected chi connectivity index (χ3v) is 4.54. The fraction of sp³-hybridized carbons (Fsp3) is 0.611. The van der Waals surface area contributed by atoms with Gasteiger partial charge in [0, 0.05) is 26.2 Å². The van der Waals surface area contributed by atoms with Crippen LogP contribution in [-0.4, -0.2) is 57.8 Å². The highest BCUT2D eigenvalue weighted by atomic mass is 16.5. The number of hydrogen-bond donors (Lipinski definition) is 2. The highest BCUT2D eigenvalue weighted by Crippen LogP contribution is 2.27. The number of aliphatic imine (C=N–C) groups is 1. The number of ether oxygens (including phenoxy) is 2. The molecule has 0 radical (unpaired) electrons. The molecule has 1 heterocycles. The molecule has 0 aromatic heterocycles. The minimum absolute atomic E-state index is 0.606. The van der Waals surface area contributed by atoms with Crippen LogP contribution in [0.25, 0.3) is 0 Å². The molecule has 24 heavy (non-hydrogen) atoms. The Bertz CT molecular complexity index is 548. The maximum atomic E-state index is 5.35. The van der Waals surface area contributed by atoms with Gasteiger partial charge in [-0.3, -0.25) is 9.89 Å². The zero-order valence-electron chi connectivity index (χ0n) is 15.3. The van der Waals surface area contributed by atoms with Gasteiger partial charge in [0.25, 0.3) is 0 Å². The van der Waals surface area contributed by atoms with Crippen LogP contribution in [0.3, 0.4) is 0 Å². The van der Waals surface area contributed by atoms with E-state index in [0.717, 1.165) is 36.1 Å². The van der Waals surface area contributed by atoms with E-state index in [1.165, 1.54) is 19.4 Å². The number of guanidine groups is 1. The second-order valence-corrected chi connectivity index (χ2v) is 5.92. The summed E-state index contributed by atoms with van der Waals surface area (Å²) in [6.45, 7) is 6.16. The van der Waals surface area contributed by atoms with Crippen LogP contribution in [0.4, 0.5) is 0 Å². The van der Waals surface area contributed by atoms with E-state index in [2.05, 4.69) is 27.4 Å². The molecule has 1 fully saturated rings. The molecule has 0 saturated carbocycles. The van der Waals surface area contributed by atoms with Gasteiger partial charge in [-0.15, -0.1) is 0 Å². The van der Waals surface area contributed by atoms with Crippen molar-refractivity contribution in [2.24, 2.45) is 4.99 Å². The summed E-state index contributed by atoms with van der Waals surface area (Å²) >= 11 is 0. The molecule has 6 nitrogen and oxygen atoms in total. The molecular weight excluding hydrogens is 304 g/mol. The lowest BCUT2D eigenvalue weighted by atomic mass is 10.2. The van der Waals surface area contributed by atoms with E-state index in [-0.39, 0.29) is 0 Å². The molecule has 1 aromatic rings. The number of nitrogens with zero attached hydrogens (tertiary/aromatic N) is 2. The van der Waals surface area contributed by atoms with E-state index in [9.17, 15) is 0 Å². The normalized spacial score (nSPS) is 18.5. The minimum atomic E-state index is 0.606. The number of methoxy groups -OCH3 is 2. The van der Waals surface area contributed by atoms with Gasteiger partial charge in [-0.1, -0.05) is 13.0 Å². The molecule has 1 aromatic carbocycles. The Kier molecular flexibility index (Phi) is 7.18. The van der Waals surface area contributed by atoms with Gasteiger partial charge >= 0.3 is 0 Å². The molecule has 0 bridgehead atoms. The van der Waals surface area contributed by atoms with E-state index in [1.807, 2.05) is 18.2 Å². The Morgan fingerprint density at radius 3 is 2.71 bits per heavy atom. The second-order valence-electron chi connectivity index (χ2n) is 5.92. The quantitative estimate of drug-likeness (QED) is 0.589. The maximum absolute atomic E-state index is 5.35. The molecule has 0 aliphatic carbocycles. The first-order chi connectivity index (χ1) is 11.7. The zero-order valence-corrected chi connectivity index (χ0v) is 15.3. The van der Waals surface area contributed by atoms with Crippen molar-refractivity contribution in [1.29, 1.82) is 0 Å². The van der Waals surface area contributed by atoms with Gasteiger partial charge in [0.15, 0.2) is 17.5 Å². The Labute approximate surface area is 145 Å². The summed E-state index contributed by atoms with van der Waals surface area (Å²) in [4.78, 5) is 6.83. The fourth-order valence-electron chi connectivity index (χ4n) is 3.15. The average Bonchev–Trinajstić information content (AvgIpc) is 3.09. The number of likely N-dealkylation sites (tertiary alicyclic amines) is 1. The Morgan fingerprint density at radius 2 is 2.04 bits per heavy atom. The SMILES string of the molecule is CCN1CCCC1CNC(=NC)NCc1ccc(OC)c(OC)c1. The number of hydrogen-bond acceptors (Lipinski definition) is 4. The monoisotopic (exact) mass is 334 g/mol. The number of nitrogens with one attached hydrogen (secondary N) is 2. The third kappa shape index (κ3) is 4.77.